The minimum atomic E-state index is 0.658. The Kier molecular flexibility index (Phi) is 5.29. The molecule has 0 spiro atoms. The van der Waals surface area contributed by atoms with Crippen LogP contribution < -0.4 is 0 Å². The zero-order valence-electron chi connectivity index (χ0n) is 13.7. The van der Waals surface area contributed by atoms with Crippen LogP contribution in [0.4, 0.5) is 0 Å². The SMILES string of the molecule is CCCCN1CCC(Cc2ccccc2)c2ccccc2C1. The van der Waals surface area contributed by atoms with E-state index in [1.165, 1.54) is 49.9 Å². The van der Waals surface area contributed by atoms with Crippen molar-refractivity contribution in [2.45, 2.75) is 45.1 Å². The molecule has 1 aliphatic heterocycles. The van der Waals surface area contributed by atoms with Crippen LogP contribution in [0.2, 0.25) is 0 Å². The molecule has 2 aromatic rings. The minimum Gasteiger partial charge on any atom is -0.299 e. The van der Waals surface area contributed by atoms with Crippen molar-refractivity contribution in [2.75, 3.05) is 13.1 Å². The second kappa shape index (κ2) is 7.60. The lowest BCUT2D eigenvalue weighted by molar-refractivity contribution is 0.260. The second-order valence-corrected chi connectivity index (χ2v) is 6.50. The summed E-state index contributed by atoms with van der Waals surface area (Å²) in [5.41, 5.74) is 4.58. The van der Waals surface area contributed by atoms with Gasteiger partial charge in [-0.25, -0.2) is 0 Å². The van der Waals surface area contributed by atoms with Crippen molar-refractivity contribution in [1.82, 2.24) is 4.90 Å². The Labute approximate surface area is 135 Å². The Hall–Kier alpha value is -1.60. The summed E-state index contributed by atoms with van der Waals surface area (Å²) in [5.74, 6) is 0.658. The van der Waals surface area contributed by atoms with Crippen LogP contribution in [0.1, 0.15) is 48.8 Å². The van der Waals surface area contributed by atoms with Gasteiger partial charge in [-0.2, -0.15) is 0 Å². The summed E-state index contributed by atoms with van der Waals surface area (Å²) in [4.78, 5) is 2.65. The van der Waals surface area contributed by atoms with Crippen molar-refractivity contribution in [3.05, 3.63) is 71.3 Å². The summed E-state index contributed by atoms with van der Waals surface area (Å²) < 4.78 is 0. The lowest BCUT2D eigenvalue weighted by Crippen LogP contribution is -2.24. The number of hydrogen-bond donors (Lipinski definition) is 0. The molecule has 2 aromatic carbocycles. The van der Waals surface area contributed by atoms with E-state index in [9.17, 15) is 0 Å². The highest BCUT2D eigenvalue weighted by atomic mass is 15.1. The molecule has 1 heterocycles. The largest absolute Gasteiger partial charge is 0.299 e. The van der Waals surface area contributed by atoms with Gasteiger partial charge in [-0.05, 0) is 55.0 Å². The van der Waals surface area contributed by atoms with E-state index in [1.807, 2.05) is 0 Å². The Bertz CT molecular complexity index is 575. The van der Waals surface area contributed by atoms with E-state index >= 15 is 0 Å². The van der Waals surface area contributed by atoms with Crippen LogP contribution in [0, 0.1) is 0 Å². The average Bonchev–Trinajstić information content (AvgIpc) is 2.74. The highest BCUT2D eigenvalue weighted by Crippen LogP contribution is 2.31. The van der Waals surface area contributed by atoms with Crippen LogP contribution in [-0.4, -0.2) is 18.0 Å². The van der Waals surface area contributed by atoms with Crippen molar-refractivity contribution in [3.8, 4) is 0 Å². The third-order valence-corrected chi connectivity index (χ3v) is 4.84. The van der Waals surface area contributed by atoms with Gasteiger partial charge in [0.25, 0.3) is 0 Å². The molecule has 0 radical (unpaired) electrons. The van der Waals surface area contributed by atoms with Crippen molar-refractivity contribution < 1.29 is 0 Å². The minimum absolute atomic E-state index is 0.658. The maximum absolute atomic E-state index is 2.65. The van der Waals surface area contributed by atoms with E-state index in [-0.39, 0.29) is 0 Å². The molecular weight excluding hydrogens is 266 g/mol. The van der Waals surface area contributed by atoms with E-state index in [0.717, 1.165) is 6.54 Å². The van der Waals surface area contributed by atoms with Crippen LogP contribution in [0.15, 0.2) is 54.6 Å². The molecule has 0 N–H and O–H groups in total. The van der Waals surface area contributed by atoms with E-state index in [4.69, 9.17) is 0 Å². The van der Waals surface area contributed by atoms with Crippen LogP contribution in [-0.2, 0) is 13.0 Å². The zero-order valence-corrected chi connectivity index (χ0v) is 13.7. The smallest absolute Gasteiger partial charge is 0.0236 e. The molecule has 0 saturated carbocycles. The molecule has 0 amide bonds. The first-order chi connectivity index (χ1) is 10.9. The first-order valence-corrected chi connectivity index (χ1v) is 8.71. The van der Waals surface area contributed by atoms with Gasteiger partial charge in [0.1, 0.15) is 0 Å². The molecule has 0 saturated heterocycles. The van der Waals surface area contributed by atoms with Crippen LogP contribution in [0.25, 0.3) is 0 Å². The quantitative estimate of drug-likeness (QED) is 0.748. The van der Waals surface area contributed by atoms with Gasteiger partial charge in [0.05, 0.1) is 0 Å². The zero-order chi connectivity index (χ0) is 15.2. The Balaban J connectivity index is 1.79. The number of fused-ring (bicyclic) bond motifs is 1. The van der Waals surface area contributed by atoms with Crippen molar-refractivity contribution in [1.29, 1.82) is 0 Å². The van der Waals surface area contributed by atoms with Crippen LogP contribution >= 0.6 is 0 Å². The monoisotopic (exact) mass is 293 g/mol. The summed E-state index contributed by atoms with van der Waals surface area (Å²) >= 11 is 0. The summed E-state index contributed by atoms with van der Waals surface area (Å²) in [6.07, 6.45) is 5.03. The van der Waals surface area contributed by atoms with Gasteiger partial charge in [0.15, 0.2) is 0 Å². The van der Waals surface area contributed by atoms with Gasteiger partial charge in [-0.1, -0.05) is 67.9 Å². The first kappa shape index (κ1) is 15.3. The molecule has 0 bridgehead atoms. The fourth-order valence-electron chi connectivity index (χ4n) is 3.57. The molecule has 3 rings (SSSR count). The normalized spacial score (nSPS) is 18.7. The van der Waals surface area contributed by atoms with Crippen molar-refractivity contribution >= 4 is 0 Å². The van der Waals surface area contributed by atoms with E-state index in [1.54, 1.807) is 5.56 Å². The van der Waals surface area contributed by atoms with Crippen molar-refractivity contribution in [3.63, 3.8) is 0 Å². The molecule has 1 unspecified atom stereocenters. The molecule has 1 atom stereocenters. The van der Waals surface area contributed by atoms with E-state index in [0.29, 0.717) is 5.92 Å². The van der Waals surface area contributed by atoms with Gasteiger partial charge in [0.2, 0.25) is 0 Å². The molecule has 0 aliphatic carbocycles. The standard InChI is InChI=1S/C21H27N/c1-2-3-14-22-15-13-19(16-18-9-5-4-6-10-18)21-12-8-7-11-20(21)17-22/h4-12,19H,2-3,13-17H2,1H3. The highest BCUT2D eigenvalue weighted by molar-refractivity contribution is 5.33. The number of benzene rings is 2. The Morgan fingerprint density at radius 1 is 1.00 bits per heavy atom. The summed E-state index contributed by atoms with van der Waals surface area (Å²) in [7, 11) is 0. The fraction of sp³-hybridized carbons (Fsp3) is 0.429. The number of unbranched alkanes of at least 4 members (excludes halogenated alkanes) is 1. The average molecular weight is 293 g/mol. The number of nitrogens with zero attached hydrogens (tertiary/aromatic N) is 1. The summed E-state index contributed by atoms with van der Waals surface area (Å²) in [6, 6.07) is 20.0. The van der Waals surface area contributed by atoms with E-state index < -0.39 is 0 Å². The molecule has 1 heteroatoms. The van der Waals surface area contributed by atoms with Crippen LogP contribution in [0.3, 0.4) is 0 Å². The Morgan fingerprint density at radius 2 is 1.77 bits per heavy atom. The molecular formula is C21H27N. The Morgan fingerprint density at radius 3 is 2.59 bits per heavy atom. The summed E-state index contributed by atoms with van der Waals surface area (Å²) in [6.45, 7) is 5.88. The lowest BCUT2D eigenvalue weighted by Gasteiger charge is -2.20. The molecule has 1 aliphatic rings. The number of rotatable bonds is 5. The number of hydrogen-bond acceptors (Lipinski definition) is 1. The van der Waals surface area contributed by atoms with Gasteiger partial charge in [-0.15, -0.1) is 0 Å². The van der Waals surface area contributed by atoms with Gasteiger partial charge < -0.3 is 0 Å². The third kappa shape index (κ3) is 3.78. The predicted molar refractivity (Wildman–Crippen MR) is 94.1 cm³/mol. The maximum atomic E-state index is 2.65. The van der Waals surface area contributed by atoms with Gasteiger partial charge in [0, 0.05) is 6.54 Å². The lowest BCUT2D eigenvalue weighted by atomic mass is 9.87. The van der Waals surface area contributed by atoms with Crippen molar-refractivity contribution in [2.24, 2.45) is 0 Å². The molecule has 22 heavy (non-hydrogen) atoms. The fourth-order valence-corrected chi connectivity index (χ4v) is 3.57. The topological polar surface area (TPSA) is 3.24 Å². The second-order valence-electron chi connectivity index (χ2n) is 6.50. The van der Waals surface area contributed by atoms with Gasteiger partial charge in [-0.3, -0.25) is 4.90 Å². The molecule has 0 fully saturated rings. The predicted octanol–water partition coefficient (Wildman–Crippen LogP) is 5.02. The summed E-state index contributed by atoms with van der Waals surface area (Å²) in [5, 5.41) is 0. The van der Waals surface area contributed by atoms with E-state index in [2.05, 4.69) is 66.4 Å². The molecule has 116 valence electrons. The van der Waals surface area contributed by atoms with Gasteiger partial charge >= 0.3 is 0 Å². The highest BCUT2D eigenvalue weighted by Gasteiger charge is 2.21. The third-order valence-electron chi connectivity index (χ3n) is 4.84. The molecule has 0 aromatic heterocycles. The first-order valence-electron chi connectivity index (χ1n) is 8.71. The molecule has 1 nitrogen and oxygen atoms in total. The maximum Gasteiger partial charge on any atom is 0.0236 e. The van der Waals surface area contributed by atoms with Crippen LogP contribution in [0.5, 0.6) is 0 Å².